The van der Waals surface area contributed by atoms with Gasteiger partial charge in [-0.3, -0.25) is 0 Å². The van der Waals surface area contributed by atoms with Gasteiger partial charge in [0, 0.05) is 14.2 Å². The van der Waals surface area contributed by atoms with Crippen LogP contribution in [-0.2, 0) is 9.47 Å². The summed E-state index contributed by atoms with van der Waals surface area (Å²) in [5.41, 5.74) is 2.43. The fourth-order valence-electron chi connectivity index (χ4n) is 1.74. The van der Waals surface area contributed by atoms with Crippen molar-refractivity contribution in [3.63, 3.8) is 0 Å². The fourth-order valence-corrected chi connectivity index (χ4v) is 1.74. The zero-order chi connectivity index (χ0) is 11.3. The molecule has 0 saturated heterocycles. The van der Waals surface area contributed by atoms with E-state index in [1.165, 1.54) is 11.1 Å². The second-order valence-corrected chi connectivity index (χ2v) is 3.46. The Labute approximate surface area is 91.4 Å². The first-order valence-corrected chi connectivity index (χ1v) is 5.03. The summed E-state index contributed by atoms with van der Waals surface area (Å²) < 4.78 is 10.6. The normalized spacial score (nSPS) is 13.1. The summed E-state index contributed by atoms with van der Waals surface area (Å²) in [6.45, 7) is 2.09. The van der Waals surface area contributed by atoms with Crippen LogP contribution < -0.4 is 5.32 Å². The highest BCUT2D eigenvalue weighted by Crippen LogP contribution is 2.22. The van der Waals surface area contributed by atoms with Crippen LogP contribution in [0.15, 0.2) is 24.3 Å². The molecule has 0 fully saturated rings. The summed E-state index contributed by atoms with van der Waals surface area (Å²) >= 11 is 0. The molecule has 0 spiro atoms. The van der Waals surface area contributed by atoms with Crippen molar-refractivity contribution in [2.75, 3.05) is 21.3 Å². The summed E-state index contributed by atoms with van der Waals surface area (Å²) in [5, 5.41) is 3.21. The molecule has 3 heteroatoms. The average molecular weight is 209 g/mol. The Hall–Kier alpha value is -0.900. The third-order valence-electron chi connectivity index (χ3n) is 2.57. The molecule has 1 atom stereocenters. The van der Waals surface area contributed by atoms with Gasteiger partial charge in [0.2, 0.25) is 0 Å². The van der Waals surface area contributed by atoms with Crippen LogP contribution in [-0.4, -0.2) is 27.6 Å². The van der Waals surface area contributed by atoms with E-state index >= 15 is 0 Å². The van der Waals surface area contributed by atoms with Crippen LogP contribution in [0, 0.1) is 6.92 Å². The van der Waals surface area contributed by atoms with Crippen molar-refractivity contribution in [2.24, 2.45) is 0 Å². The van der Waals surface area contributed by atoms with E-state index in [1.54, 1.807) is 14.2 Å². The number of nitrogens with one attached hydrogen (secondary N) is 1. The van der Waals surface area contributed by atoms with Crippen LogP contribution in [0.2, 0.25) is 0 Å². The summed E-state index contributed by atoms with van der Waals surface area (Å²) in [6.07, 6.45) is -0.268. The van der Waals surface area contributed by atoms with Crippen LogP contribution >= 0.6 is 0 Å². The molecule has 84 valence electrons. The SMILES string of the molecule is CNC(c1ccccc1C)C(OC)OC. The predicted octanol–water partition coefficient (Wildman–Crippen LogP) is 1.87. The molecular weight excluding hydrogens is 190 g/mol. The van der Waals surface area contributed by atoms with E-state index < -0.39 is 0 Å². The van der Waals surface area contributed by atoms with Gasteiger partial charge in [-0.05, 0) is 25.1 Å². The topological polar surface area (TPSA) is 30.5 Å². The van der Waals surface area contributed by atoms with Gasteiger partial charge in [0.25, 0.3) is 0 Å². The van der Waals surface area contributed by atoms with Crippen molar-refractivity contribution >= 4 is 0 Å². The molecule has 3 nitrogen and oxygen atoms in total. The van der Waals surface area contributed by atoms with Crippen molar-refractivity contribution in [2.45, 2.75) is 19.3 Å². The number of hydrogen-bond acceptors (Lipinski definition) is 3. The first kappa shape index (κ1) is 12.2. The third-order valence-corrected chi connectivity index (χ3v) is 2.57. The Kier molecular flexibility index (Phi) is 4.75. The zero-order valence-electron chi connectivity index (χ0n) is 9.78. The van der Waals surface area contributed by atoms with Crippen LogP contribution in [0.5, 0.6) is 0 Å². The van der Waals surface area contributed by atoms with Gasteiger partial charge in [-0.1, -0.05) is 24.3 Å². The number of benzene rings is 1. The Morgan fingerprint density at radius 2 is 1.73 bits per heavy atom. The highest BCUT2D eigenvalue weighted by atomic mass is 16.7. The number of ether oxygens (including phenoxy) is 2. The van der Waals surface area contributed by atoms with Crippen LogP contribution in [0.4, 0.5) is 0 Å². The molecule has 1 aromatic carbocycles. The monoisotopic (exact) mass is 209 g/mol. The van der Waals surface area contributed by atoms with Crippen molar-refractivity contribution in [3.8, 4) is 0 Å². The average Bonchev–Trinajstić information content (AvgIpc) is 2.27. The van der Waals surface area contributed by atoms with Crippen LogP contribution in [0.3, 0.4) is 0 Å². The lowest BCUT2D eigenvalue weighted by atomic mass is 10.0. The number of methoxy groups -OCH3 is 2. The smallest absolute Gasteiger partial charge is 0.176 e. The van der Waals surface area contributed by atoms with E-state index in [0.29, 0.717) is 0 Å². The Morgan fingerprint density at radius 3 is 2.20 bits per heavy atom. The van der Waals surface area contributed by atoms with Gasteiger partial charge < -0.3 is 14.8 Å². The quantitative estimate of drug-likeness (QED) is 0.751. The molecule has 0 aromatic heterocycles. The Bertz CT molecular complexity index is 297. The largest absolute Gasteiger partial charge is 0.354 e. The predicted molar refractivity (Wildman–Crippen MR) is 60.8 cm³/mol. The molecule has 15 heavy (non-hydrogen) atoms. The number of hydrogen-bond donors (Lipinski definition) is 1. The molecule has 0 heterocycles. The van der Waals surface area contributed by atoms with Gasteiger partial charge in [-0.2, -0.15) is 0 Å². The Balaban J connectivity index is 2.96. The molecule has 0 aliphatic heterocycles. The molecule has 1 unspecified atom stereocenters. The lowest BCUT2D eigenvalue weighted by Gasteiger charge is -2.25. The molecule has 0 saturated carbocycles. The second kappa shape index (κ2) is 5.85. The van der Waals surface area contributed by atoms with Gasteiger partial charge in [-0.25, -0.2) is 0 Å². The summed E-state index contributed by atoms with van der Waals surface area (Å²) in [6, 6.07) is 8.28. The van der Waals surface area contributed by atoms with E-state index in [0.717, 1.165) is 0 Å². The van der Waals surface area contributed by atoms with Crippen LogP contribution in [0.25, 0.3) is 0 Å². The van der Waals surface area contributed by atoms with E-state index in [-0.39, 0.29) is 12.3 Å². The van der Waals surface area contributed by atoms with E-state index in [4.69, 9.17) is 9.47 Å². The maximum atomic E-state index is 5.28. The van der Waals surface area contributed by atoms with E-state index in [9.17, 15) is 0 Å². The van der Waals surface area contributed by atoms with Gasteiger partial charge >= 0.3 is 0 Å². The van der Waals surface area contributed by atoms with Gasteiger partial charge in [-0.15, -0.1) is 0 Å². The van der Waals surface area contributed by atoms with Crippen LogP contribution in [0.1, 0.15) is 17.2 Å². The number of aryl methyl sites for hydroxylation is 1. The minimum absolute atomic E-state index is 0.0567. The molecule has 0 bridgehead atoms. The standard InChI is InChI=1S/C12H19NO2/c1-9-7-5-6-8-10(9)11(13-2)12(14-3)15-4/h5-8,11-13H,1-4H3. The molecule has 0 aliphatic rings. The van der Waals surface area contributed by atoms with Crippen molar-refractivity contribution in [1.29, 1.82) is 0 Å². The number of likely N-dealkylation sites (N-methyl/N-ethyl adjacent to an activating group) is 1. The molecule has 1 aromatic rings. The first-order valence-electron chi connectivity index (χ1n) is 5.03. The van der Waals surface area contributed by atoms with E-state index in [1.807, 2.05) is 19.2 Å². The molecule has 0 radical (unpaired) electrons. The maximum absolute atomic E-state index is 5.28. The molecule has 0 aliphatic carbocycles. The highest BCUT2D eigenvalue weighted by Gasteiger charge is 2.21. The lowest BCUT2D eigenvalue weighted by molar-refractivity contribution is -0.123. The number of rotatable bonds is 5. The molecule has 0 amide bonds. The lowest BCUT2D eigenvalue weighted by Crippen LogP contribution is -2.32. The van der Waals surface area contributed by atoms with Crippen molar-refractivity contribution in [1.82, 2.24) is 5.32 Å². The van der Waals surface area contributed by atoms with E-state index in [2.05, 4.69) is 24.4 Å². The minimum atomic E-state index is -0.268. The fraction of sp³-hybridized carbons (Fsp3) is 0.500. The summed E-state index contributed by atoms with van der Waals surface area (Å²) in [4.78, 5) is 0. The minimum Gasteiger partial charge on any atom is -0.354 e. The van der Waals surface area contributed by atoms with Gasteiger partial charge in [0.1, 0.15) is 0 Å². The second-order valence-electron chi connectivity index (χ2n) is 3.46. The summed E-state index contributed by atoms with van der Waals surface area (Å²) in [7, 11) is 5.20. The highest BCUT2D eigenvalue weighted by molar-refractivity contribution is 5.29. The summed E-state index contributed by atoms with van der Waals surface area (Å²) in [5.74, 6) is 0. The maximum Gasteiger partial charge on any atom is 0.176 e. The molecule has 1 N–H and O–H groups in total. The zero-order valence-corrected chi connectivity index (χ0v) is 9.78. The third kappa shape index (κ3) is 2.78. The van der Waals surface area contributed by atoms with Crippen molar-refractivity contribution < 1.29 is 9.47 Å². The van der Waals surface area contributed by atoms with Gasteiger partial charge in [0.05, 0.1) is 6.04 Å². The Morgan fingerprint density at radius 1 is 1.13 bits per heavy atom. The van der Waals surface area contributed by atoms with Crippen molar-refractivity contribution in [3.05, 3.63) is 35.4 Å². The molecule has 1 rings (SSSR count). The molecular formula is C12H19NO2. The van der Waals surface area contributed by atoms with Gasteiger partial charge in [0.15, 0.2) is 6.29 Å². The first-order chi connectivity index (χ1) is 7.24.